The molecule has 1 aliphatic heterocycles. The van der Waals surface area contributed by atoms with Crippen LogP contribution in [0.1, 0.15) is 45.2 Å². The summed E-state index contributed by atoms with van der Waals surface area (Å²) in [5.41, 5.74) is 6.18. The van der Waals surface area contributed by atoms with E-state index in [9.17, 15) is 19.2 Å². The number of benzene rings is 3. The maximum Gasteiger partial charge on any atom is 0.338 e. The highest BCUT2D eigenvalue weighted by Gasteiger charge is 2.45. The normalized spacial score (nSPS) is 14.6. The number of amides is 3. The summed E-state index contributed by atoms with van der Waals surface area (Å²) in [5.74, 6) is -1.51. The van der Waals surface area contributed by atoms with Crippen molar-refractivity contribution in [3.8, 4) is 5.75 Å². The lowest BCUT2D eigenvalue weighted by molar-refractivity contribution is -0.124. The molecule has 1 heterocycles. The third-order valence-electron chi connectivity index (χ3n) is 6.44. The van der Waals surface area contributed by atoms with Crippen LogP contribution >= 0.6 is 12.2 Å². The van der Waals surface area contributed by atoms with E-state index in [1.165, 1.54) is 29.2 Å². The van der Waals surface area contributed by atoms with E-state index in [0.29, 0.717) is 22.7 Å². The zero-order valence-electron chi connectivity index (χ0n) is 23.1. The Labute approximate surface area is 243 Å². The first-order valence-electron chi connectivity index (χ1n) is 12.9. The Morgan fingerprint density at radius 3 is 2.37 bits per heavy atom. The van der Waals surface area contributed by atoms with Crippen LogP contribution in [0.3, 0.4) is 0 Å². The molecule has 2 N–H and O–H groups in total. The maximum absolute atomic E-state index is 13.7. The standard InChI is InChI=1S/C30H30N4O6S/c1-5-40-29(38)20-10-12-22(13-11-20)33-28(37)25(17-26(35)31-24-14-9-18(2)15-19(24)3)34(30(33)41)32-27(36)21-7-6-8-23(16-21)39-4/h6-16,25H,5,17H2,1-4H3,(H,31,35)(H,32,36). The first kappa shape index (κ1) is 29.2. The van der Waals surface area contributed by atoms with Gasteiger partial charge in [-0.25, -0.2) is 9.80 Å². The number of hydrogen-bond acceptors (Lipinski definition) is 7. The molecule has 3 aromatic carbocycles. The number of rotatable bonds is 9. The number of thiocarbonyl (C=S) groups is 1. The second-order valence-electron chi connectivity index (χ2n) is 9.35. The van der Waals surface area contributed by atoms with Gasteiger partial charge in [-0.05, 0) is 87.1 Å². The van der Waals surface area contributed by atoms with Gasteiger partial charge in [-0.2, -0.15) is 0 Å². The Morgan fingerprint density at radius 2 is 1.71 bits per heavy atom. The minimum atomic E-state index is -1.13. The fourth-order valence-corrected chi connectivity index (χ4v) is 4.74. The number of aryl methyl sites for hydroxylation is 2. The molecule has 4 rings (SSSR count). The van der Waals surface area contributed by atoms with Gasteiger partial charge in [-0.1, -0.05) is 23.8 Å². The third kappa shape index (κ3) is 6.52. The minimum Gasteiger partial charge on any atom is -0.497 e. The fraction of sp³-hybridized carbons (Fsp3) is 0.233. The number of hydrogen-bond donors (Lipinski definition) is 2. The van der Waals surface area contributed by atoms with Gasteiger partial charge in [0.05, 0.1) is 31.4 Å². The SMILES string of the molecule is CCOC(=O)c1ccc(N2C(=O)C(CC(=O)Nc3ccc(C)cc3C)N(NC(=O)c3cccc(OC)c3)C2=S)cc1. The summed E-state index contributed by atoms with van der Waals surface area (Å²) in [4.78, 5) is 53.4. The van der Waals surface area contributed by atoms with E-state index in [-0.39, 0.29) is 23.7 Å². The molecule has 0 aliphatic carbocycles. The molecule has 1 aliphatic rings. The number of ether oxygens (including phenoxy) is 2. The first-order chi connectivity index (χ1) is 19.6. The van der Waals surface area contributed by atoms with Crippen molar-refractivity contribution >= 4 is 52.4 Å². The van der Waals surface area contributed by atoms with E-state index in [0.717, 1.165) is 11.1 Å². The molecule has 0 bridgehead atoms. The lowest BCUT2D eigenvalue weighted by Gasteiger charge is -2.24. The lowest BCUT2D eigenvalue weighted by Crippen LogP contribution is -2.49. The van der Waals surface area contributed by atoms with Gasteiger partial charge in [-0.3, -0.25) is 24.7 Å². The molecule has 10 nitrogen and oxygen atoms in total. The second kappa shape index (κ2) is 12.6. The molecule has 1 fully saturated rings. The summed E-state index contributed by atoms with van der Waals surface area (Å²) in [6.45, 7) is 5.76. The fourth-order valence-electron chi connectivity index (χ4n) is 4.37. The van der Waals surface area contributed by atoms with Crippen LogP contribution in [-0.2, 0) is 14.3 Å². The van der Waals surface area contributed by atoms with Crippen LogP contribution in [0.15, 0.2) is 66.7 Å². The number of nitrogens with zero attached hydrogens (tertiary/aromatic N) is 2. The van der Waals surface area contributed by atoms with Crippen molar-refractivity contribution in [2.24, 2.45) is 0 Å². The zero-order valence-corrected chi connectivity index (χ0v) is 23.9. The van der Waals surface area contributed by atoms with Crippen LogP contribution in [0, 0.1) is 13.8 Å². The van der Waals surface area contributed by atoms with Crippen molar-refractivity contribution in [2.45, 2.75) is 33.2 Å². The molecule has 1 atom stereocenters. The Kier molecular flexibility index (Phi) is 8.98. The van der Waals surface area contributed by atoms with Crippen molar-refractivity contribution in [2.75, 3.05) is 23.9 Å². The van der Waals surface area contributed by atoms with E-state index in [1.54, 1.807) is 49.4 Å². The number of carbonyl (C=O) groups is 4. The number of anilines is 2. The second-order valence-corrected chi connectivity index (χ2v) is 9.72. The molecule has 11 heteroatoms. The molecule has 0 aromatic heterocycles. The third-order valence-corrected chi connectivity index (χ3v) is 6.82. The van der Waals surface area contributed by atoms with Gasteiger partial charge in [-0.15, -0.1) is 0 Å². The van der Waals surface area contributed by atoms with E-state index in [1.807, 2.05) is 26.0 Å². The monoisotopic (exact) mass is 574 g/mol. The van der Waals surface area contributed by atoms with E-state index in [2.05, 4.69) is 10.7 Å². The van der Waals surface area contributed by atoms with Gasteiger partial charge < -0.3 is 14.8 Å². The summed E-state index contributed by atoms with van der Waals surface area (Å²) < 4.78 is 10.2. The van der Waals surface area contributed by atoms with Crippen LogP contribution in [0.25, 0.3) is 0 Å². The number of esters is 1. The summed E-state index contributed by atoms with van der Waals surface area (Å²) in [6, 6.07) is 17.1. The smallest absolute Gasteiger partial charge is 0.338 e. The highest BCUT2D eigenvalue weighted by Crippen LogP contribution is 2.28. The topological polar surface area (TPSA) is 117 Å². The van der Waals surface area contributed by atoms with E-state index >= 15 is 0 Å². The van der Waals surface area contributed by atoms with Crippen LogP contribution < -0.4 is 20.4 Å². The van der Waals surface area contributed by atoms with Crippen molar-refractivity contribution in [1.82, 2.24) is 10.4 Å². The van der Waals surface area contributed by atoms with Gasteiger partial charge in [0, 0.05) is 11.3 Å². The molecular weight excluding hydrogens is 544 g/mol. The molecule has 1 unspecified atom stereocenters. The molecule has 0 radical (unpaired) electrons. The average Bonchev–Trinajstić information content (AvgIpc) is 3.18. The Hall–Kier alpha value is -4.77. The first-order valence-corrected chi connectivity index (χ1v) is 13.3. The highest BCUT2D eigenvalue weighted by atomic mass is 32.1. The summed E-state index contributed by atoms with van der Waals surface area (Å²) in [7, 11) is 1.49. The van der Waals surface area contributed by atoms with Crippen LogP contribution in [0.2, 0.25) is 0 Å². The highest BCUT2D eigenvalue weighted by molar-refractivity contribution is 7.80. The molecule has 3 aromatic rings. The van der Waals surface area contributed by atoms with Crippen molar-refractivity contribution < 1.29 is 28.7 Å². The summed E-state index contributed by atoms with van der Waals surface area (Å²) >= 11 is 5.63. The van der Waals surface area contributed by atoms with Crippen molar-refractivity contribution in [3.05, 3.63) is 89.0 Å². The molecule has 0 spiro atoms. The molecule has 3 amide bonds. The molecule has 1 saturated heterocycles. The maximum atomic E-state index is 13.7. The van der Waals surface area contributed by atoms with Crippen molar-refractivity contribution in [3.63, 3.8) is 0 Å². The van der Waals surface area contributed by atoms with Gasteiger partial charge in [0.15, 0.2) is 0 Å². The largest absolute Gasteiger partial charge is 0.497 e. The summed E-state index contributed by atoms with van der Waals surface area (Å²) in [6.07, 6.45) is -0.290. The predicted molar refractivity (Wildman–Crippen MR) is 158 cm³/mol. The van der Waals surface area contributed by atoms with Crippen LogP contribution in [0.5, 0.6) is 5.75 Å². The lowest BCUT2D eigenvalue weighted by atomic mass is 10.1. The van der Waals surface area contributed by atoms with Gasteiger partial charge in [0.25, 0.3) is 11.8 Å². The zero-order chi connectivity index (χ0) is 29.7. The molecule has 41 heavy (non-hydrogen) atoms. The van der Waals surface area contributed by atoms with Gasteiger partial charge in [0.1, 0.15) is 11.8 Å². The Bertz CT molecular complexity index is 1510. The summed E-state index contributed by atoms with van der Waals surface area (Å²) in [5, 5.41) is 4.04. The Morgan fingerprint density at radius 1 is 0.976 bits per heavy atom. The molecule has 0 saturated carbocycles. The number of methoxy groups -OCH3 is 1. The van der Waals surface area contributed by atoms with Crippen LogP contribution in [-0.4, -0.2) is 53.6 Å². The van der Waals surface area contributed by atoms with Gasteiger partial charge in [0.2, 0.25) is 11.0 Å². The van der Waals surface area contributed by atoms with Crippen LogP contribution in [0.4, 0.5) is 11.4 Å². The Balaban J connectivity index is 1.62. The predicted octanol–water partition coefficient (Wildman–Crippen LogP) is 4.16. The van der Waals surface area contributed by atoms with Crippen molar-refractivity contribution in [1.29, 1.82) is 0 Å². The van der Waals surface area contributed by atoms with E-state index in [4.69, 9.17) is 21.7 Å². The number of carbonyl (C=O) groups excluding carboxylic acids is 4. The quantitative estimate of drug-likeness (QED) is 0.289. The molecule has 212 valence electrons. The molecular formula is C30H30N4O6S. The minimum absolute atomic E-state index is 0.0283. The average molecular weight is 575 g/mol. The van der Waals surface area contributed by atoms with E-state index < -0.39 is 29.7 Å². The number of nitrogens with one attached hydrogen (secondary N) is 2. The number of hydrazine groups is 1. The van der Waals surface area contributed by atoms with Gasteiger partial charge >= 0.3 is 5.97 Å².